The summed E-state index contributed by atoms with van der Waals surface area (Å²) in [5.41, 5.74) is 8.39. The number of aliphatic imine (C=N–C) groups is 1. The van der Waals surface area contributed by atoms with Gasteiger partial charge >= 0.3 is 0 Å². The Balaban J connectivity index is 2.13. The van der Waals surface area contributed by atoms with Crippen LogP contribution < -0.4 is 15.6 Å². The van der Waals surface area contributed by atoms with Crippen molar-refractivity contribution < 1.29 is 9.67 Å². The number of nitrogens with zero attached hydrogens (tertiary/aromatic N) is 3. The number of rotatable bonds is 5. The van der Waals surface area contributed by atoms with E-state index in [9.17, 15) is 5.11 Å². The molecule has 0 unspecified atom stereocenters. The molecule has 3 rings (SSSR count). The van der Waals surface area contributed by atoms with Gasteiger partial charge in [0.1, 0.15) is 11.1 Å². The van der Waals surface area contributed by atoms with Crippen LogP contribution in [0.15, 0.2) is 35.3 Å². The molecule has 1 aromatic carbocycles. The average Bonchev–Trinajstić information content (AvgIpc) is 2.99. The number of nitrogen functional groups attached to an aromatic ring is 1. The summed E-state index contributed by atoms with van der Waals surface area (Å²) in [7, 11) is 0. The number of H-pyrrole nitrogens is 1. The number of phenolic OH excluding ortho intramolecular Hbond substituents is 1. The lowest BCUT2D eigenvalue weighted by molar-refractivity contribution is -0.655. The molecule has 0 spiro atoms. The molecule has 5 N–H and O–H groups in total. The summed E-state index contributed by atoms with van der Waals surface area (Å²) in [6.07, 6.45) is 1.62. The number of hydrogen-bond donors (Lipinski definition) is 4. The standard InChI is InChI=1S/C17H20N6O/c1-3-19-12-9-14(18)23(4-2)17-15(12)16(21-22-17)20-10-11-7-5-6-8-13(11)24/h5-10H,3-4H2,1-2H3,(H4,18,19,20,21,22,24)/p+1. The van der Waals surface area contributed by atoms with Crippen molar-refractivity contribution in [3.05, 3.63) is 35.9 Å². The Kier molecular flexibility index (Phi) is 4.33. The molecule has 0 aliphatic carbocycles. The first-order valence-corrected chi connectivity index (χ1v) is 7.92. The molecule has 0 saturated carbocycles. The van der Waals surface area contributed by atoms with Gasteiger partial charge in [0.05, 0.1) is 12.2 Å². The molecule has 7 heteroatoms. The predicted molar refractivity (Wildman–Crippen MR) is 95.9 cm³/mol. The minimum atomic E-state index is 0.185. The maximum absolute atomic E-state index is 9.86. The lowest BCUT2D eigenvalue weighted by Gasteiger charge is -2.08. The van der Waals surface area contributed by atoms with Gasteiger partial charge in [0, 0.05) is 24.4 Å². The third-order valence-corrected chi connectivity index (χ3v) is 3.81. The van der Waals surface area contributed by atoms with E-state index < -0.39 is 0 Å². The SMILES string of the molecule is CCNc1cc(N)[n+](CC)c2n[nH]c(N=Cc3ccccc3O)c12. The fourth-order valence-corrected chi connectivity index (χ4v) is 2.67. The van der Waals surface area contributed by atoms with Crippen LogP contribution in [-0.2, 0) is 6.54 Å². The number of benzene rings is 1. The largest absolute Gasteiger partial charge is 0.507 e. The highest BCUT2D eigenvalue weighted by Gasteiger charge is 2.20. The third-order valence-electron chi connectivity index (χ3n) is 3.81. The Labute approximate surface area is 139 Å². The minimum Gasteiger partial charge on any atom is -0.507 e. The van der Waals surface area contributed by atoms with Crippen LogP contribution in [0.2, 0.25) is 0 Å². The molecule has 3 aromatic rings. The number of aromatic amines is 1. The van der Waals surface area contributed by atoms with Gasteiger partial charge in [-0.15, -0.1) is 0 Å². The number of para-hydroxylation sites is 1. The first-order chi connectivity index (χ1) is 11.7. The van der Waals surface area contributed by atoms with Gasteiger partial charge in [-0.2, -0.15) is 5.10 Å². The summed E-state index contributed by atoms with van der Waals surface area (Å²) in [6.45, 7) is 5.51. The number of fused-ring (bicyclic) bond motifs is 1. The van der Waals surface area contributed by atoms with Gasteiger partial charge in [-0.25, -0.2) is 9.56 Å². The molecule has 0 aliphatic heterocycles. The van der Waals surface area contributed by atoms with Gasteiger partial charge in [-0.3, -0.25) is 0 Å². The van der Waals surface area contributed by atoms with Crippen molar-refractivity contribution in [1.29, 1.82) is 0 Å². The number of anilines is 2. The molecule has 2 heterocycles. The molecule has 0 atom stereocenters. The Morgan fingerprint density at radius 3 is 2.88 bits per heavy atom. The Bertz CT molecular complexity index is 899. The molecular weight excluding hydrogens is 304 g/mol. The summed E-state index contributed by atoms with van der Waals surface area (Å²) in [5.74, 6) is 1.44. The van der Waals surface area contributed by atoms with E-state index >= 15 is 0 Å². The maximum atomic E-state index is 9.86. The smallest absolute Gasteiger partial charge is 0.299 e. The van der Waals surface area contributed by atoms with E-state index in [1.165, 1.54) is 0 Å². The van der Waals surface area contributed by atoms with Gasteiger partial charge in [-0.1, -0.05) is 12.1 Å². The topological polar surface area (TPSA) is 103 Å². The molecule has 7 nitrogen and oxygen atoms in total. The normalized spacial score (nSPS) is 11.4. The number of aryl methyl sites for hydroxylation is 1. The van der Waals surface area contributed by atoms with E-state index in [1.807, 2.05) is 30.5 Å². The minimum absolute atomic E-state index is 0.185. The molecule has 24 heavy (non-hydrogen) atoms. The van der Waals surface area contributed by atoms with Crippen molar-refractivity contribution in [2.24, 2.45) is 4.99 Å². The molecule has 124 valence electrons. The van der Waals surface area contributed by atoms with E-state index in [2.05, 4.69) is 20.5 Å². The van der Waals surface area contributed by atoms with Crippen LogP contribution in [0.4, 0.5) is 17.3 Å². The van der Waals surface area contributed by atoms with Crippen molar-refractivity contribution >= 4 is 34.6 Å². The Morgan fingerprint density at radius 2 is 2.17 bits per heavy atom. The molecule has 0 radical (unpaired) electrons. The highest BCUT2D eigenvalue weighted by atomic mass is 16.3. The van der Waals surface area contributed by atoms with Gasteiger partial charge in [0.25, 0.3) is 5.65 Å². The van der Waals surface area contributed by atoms with Gasteiger partial charge in [0.2, 0.25) is 5.82 Å². The lowest BCUT2D eigenvalue weighted by Crippen LogP contribution is -2.37. The van der Waals surface area contributed by atoms with Crippen molar-refractivity contribution in [2.75, 3.05) is 17.6 Å². The van der Waals surface area contributed by atoms with Crippen LogP contribution in [0.1, 0.15) is 19.4 Å². The van der Waals surface area contributed by atoms with Crippen molar-refractivity contribution in [3.63, 3.8) is 0 Å². The number of aromatic nitrogens is 3. The van der Waals surface area contributed by atoms with Crippen LogP contribution in [0.25, 0.3) is 11.0 Å². The molecular formula is C17H21N6O+. The number of aromatic hydroxyl groups is 1. The average molecular weight is 325 g/mol. The van der Waals surface area contributed by atoms with Crippen LogP contribution in [0.3, 0.4) is 0 Å². The lowest BCUT2D eigenvalue weighted by atomic mass is 10.2. The summed E-state index contributed by atoms with van der Waals surface area (Å²) >= 11 is 0. The van der Waals surface area contributed by atoms with Crippen molar-refractivity contribution in [2.45, 2.75) is 20.4 Å². The van der Waals surface area contributed by atoms with Crippen LogP contribution >= 0.6 is 0 Å². The summed E-state index contributed by atoms with van der Waals surface area (Å²) in [4.78, 5) is 4.48. The van der Waals surface area contributed by atoms with E-state index in [1.54, 1.807) is 24.4 Å². The summed E-state index contributed by atoms with van der Waals surface area (Å²) < 4.78 is 1.92. The van der Waals surface area contributed by atoms with E-state index in [4.69, 9.17) is 5.73 Å². The van der Waals surface area contributed by atoms with Gasteiger partial charge in [-0.05, 0) is 31.1 Å². The molecule has 0 aliphatic rings. The quantitative estimate of drug-likeness (QED) is 0.427. The Hall–Kier alpha value is -3.09. The van der Waals surface area contributed by atoms with Crippen molar-refractivity contribution in [3.8, 4) is 5.75 Å². The monoisotopic (exact) mass is 325 g/mol. The zero-order valence-corrected chi connectivity index (χ0v) is 13.7. The van der Waals surface area contributed by atoms with Crippen LogP contribution in [-0.4, -0.2) is 28.1 Å². The highest BCUT2D eigenvalue weighted by Crippen LogP contribution is 2.30. The van der Waals surface area contributed by atoms with E-state index in [0.717, 1.165) is 23.3 Å². The van der Waals surface area contributed by atoms with E-state index in [-0.39, 0.29) is 5.75 Å². The first-order valence-electron chi connectivity index (χ1n) is 7.92. The number of phenols is 1. The second kappa shape index (κ2) is 6.57. The van der Waals surface area contributed by atoms with Crippen molar-refractivity contribution in [1.82, 2.24) is 10.2 Å². The van der Waals surface area contributed by atoms with Gasteiger partial charge in [0.15, 0.2) is 5.82 Å². The molecule has 0 amide bonds. The first kappa shape index (κ1) is 15.8. The molecule has 0 fully saturated rings. The predicted octanol–water partition coefficient (Wildman–Crippen LogP) is 2.34. The maximum Gasteiger partial charge on any atom is 0.299 e. The molecule has 0 saturated heterocycles. The zero-order valence-electron chi connectivity index (χ0n) is 13.7. The van der Waals surface area contributed by atoms with Crippen LogP contribution in [0, 0.1) is 0 Å². The summed E-state index contributed by atoms with van der Waals surface area (Å²) in [5, 5.41) is 21.4. The van der Waals surface area contributed by atoms with Gasteiger partial charge < -0.3 is 16.2 Å². The highest BCUT2D eigenvalue weighted by molar-refractivity contribution is 5.98. The second-order valence-corrected chi connectivity index (χ2v) is 5.35. The third kappa shape index (κ3) is 2.76. The fourth-order valence-electron chi connectivity index (χ4n) is 2.67. The summed E-state index contributed by atoms with van der Waals surface area (Å²) in [6, 6.07) is 8.94. The number of hydrogen-bond acceptors (Lipinski definition) is 5. The number of nitrogens with two attached hydrogens (primary N) is 1. The molecule has 0 bridgehead atoms. The Morgan fingerprint density at radius 1 is 1.38 bits per heavy atom. The van der Waals surface area contributed by atoms with Crippen LogP contribution in [0.5, 0.6) is 5.75 Å². The van der Waals surface area contributed by atoms with E-state index in [0.29, 0.717) is 23.7 Å². The second-order valence-electron chi connectivity index (χ2n) is 5.35. The number of nitrogens with one attached hydrogen (secondary N) is 2. The fraction of sp³-hybridized carbons (Fsp3) is 0.235. The number of pyridine rings is 1. The molecule has 2 aromatic heterocycles. The zero-order chi connectivity index (χ0) is 17.1.